The van der Waals surface area contributed by atoms with Crippen molar-refractivity contribution in [1.29, 1.82) is 0 Å². The van der Waals surface area contributed by atoms with E-state index in [1.807, 2.05) is 17.8 Å². The van der Waals surface area contributed by atoms with Gasteiger partial charge in [0.25, 0.3) is 0 Å². The van der Waals surface area contributed by atoms with Gasteiger partial charge in [-0.05, 0) is 0 Å². The standard InChI is InChI=1S/C15H11OS.3C3H7.Sn/c1-17-14-9-8-13(16)15-11-5-3-2-4-10(11)6-7-12(14)15;3*1-3-2;/h2-9,16H,1H2;3*3H,1-2H3;. The van der Waals surface area contributed by atoms with Crippen molar-refractivity contribution in [2.75, 3.05) is 3.77 Å². The van der Waals surface area contributed by atoms with Crippen LogP contribution in [0.3, 0.4) is 0 Å². The van der Waals surface area contributed by atoms with Crippen LogP contribution < -0.4 is 0 Å². The molecule has 1 nitrogen and oxygen atoms in total. The van der Waals surface area contributed by atoms with E-state index in [1.54, 1.807) is 0 Å². The summed E-state index contributed by atoms with van der Waals surface area (Å²) < 4.78 is 3.79. The third kappa shape index (κ3) is 3.72. The Morgan fingerprint density at radius 3 is 2.04 bits per heavy atom. The summed E-state index contributed by atoms with van der Waals surface area (Å²) in [5, 5.41) is 15.1. The van der Waals surface area contributed by atoms with Crippen molar-refractivity contribution in [3.8, 4) is 5.75 Å². The number of thioether (sulfide) groups is 1. The molecule has 0 aliphatic rings. The first-order chi connectivity index (χ1) is 12.8. The molecule has 3 rings (SSSR count). The maximum atomic E-state index is 10.6. The summed E-state index contributed by atoms with van der Waals surface area (Å²) in [4.78, 5) is 1.32. The normalized spacial score (nSPS) is 12.8. The van der Waals surface area contributed by atoms with Crippen molar-refractivity contribution in [2.45, 2.75) is 58.2 Å². The molecule has 0 heterocycles. The third-order valence-electron chi connectivity index (χ3n) is 6.55. The monoisotopic (exact) mass is 488 g/mol. The van der Waals surface area contributed by atoms with Crippen molar-refractivity contribution < 1.29 is 5.11 Å². The van der Waals surface area contributed by atoms with Gasteiger partial charge in [0, 0.05) is 0 Å². The molecule has 0 aliphatic heterocycles. The molecule has 1 N–H and O–H groups in total. The van der Waals surface area contributed by atoms with Gasteiger partial charge in [0.05, 0.1) is 0 Å². The van der Waals surface area contributed by atoms with Gasteiger partial charge in [-0.2, -0.15) is 0 Å². The van der Waals surface area contributed by atoms with Gasteiger partial charge < -0.3 is 0 Å². The molecule has 3 heteroatoms. The molecule has 0 atom stereocenters. The fraction of sp³-hybridized carbons (Fsp3) is 0.417. The first-order valence-corrected chi connectivity index (χ1v) is 18.0. The second kappa shape index (κ2) is 8.24. The van der Waals surface area contributed by atoms with Crippen LogP contribution in [0.4, 0.5) is 0 Å². The molecule has 144 valence electrons. The van der Waals surface area contributed by atoms with E-state index in [1.165, 1.54) is 19.4 Å². The molecule has 3 aromatic carbocycles. The summed E-state index contributed by atoms with van der Waals surface area (Å²) in [6.45, 7) is 14.7. The molecule has 0 saturated heterocycles. The van der Waals surface area contributed by atoms with Gasteiger partial charge in [-0.15, -0.1) is 0 Å². The third-order valence-corrected chi connectivity index (χ3v) is 31.8. The Kier molecular flexibility index (Phi) is 6.37. The summed E-state index contributed by atoms with van der Waals surface area (Å²) in [6, 6.07) is 16.7. The number of fused-ring (bicyclic) bond motifs is 3. The van der Waals surface area contributed by atoms with E-state index < -0.39 is 18.4 Å². The summed E-state index contributed by atoms with van der Waals surface area (Å²) in [6.07, 6.45) is 0. The first-order valence-electron chi connectivity index (χ1n) is 10.0. The van der Waals surface area contributed by atoms with Crippen LogP contribution in [0.1, 0.15) is 41.5 Å². The Bertz CT molecular complexity index is 924. The molecule has 0 spiro atoms. The van der Waals surface area contributed by atoms with E-state index in [9.17, 15) is 5.11 Å². The van der Waals surface area contributed by atoms with Crippen molar-refractivity contribution in [2.24, 2.45) is 0 Å². The minimum atomic E-state index is -2.36. The van der Waals surface area contributed by atoms with E-state index in [-0.39, 0.29) is 0 Å². The molecule has 0 aromatic heterocycles. The van der Waals surface area contributed by atoms with E-state index in [2.05, 4.69) is 84.0 Å². The Morgan fingerprint density at radius 1 is 0.778 bits per heavy atom. The SMILES string of the molecule is C[CH](C)[Sn]([CH2]Sc1ccc(O)c2c1ccc1ccccc12)([CH](C)C)[CH](C)C. The second-order valence-electron chi connectivity index (χ2n) is 8.66. The topological polar surface area (TPSA) is 20.2 Å². The van der Waals surface area contributed by atoms with Crippen molar-refractivity contribution >= 4 is 51.7 Å². The number of rotatable bonds is 6. The molecule has 0 unspecified atom stereocenters. The second-order valence-corrected chi connectivity index (χ2v) is 28.4. The number of phenolic OH excluding ortho intramolecular Hbond substituents is 1. The Morgan fingerprint density at radius 2 is 1.41 bits per heavy atom. The first kappa shape index (κ1) is 20.9. The van der Waals surface area contributed by atoms with E-state index >= 15 is 0 Å². The molecule has 0 amide bonds. The number of phenols is 1. The fourth-order valence-corrected chi connectivity index (χ4v) is 30.3. The Hall–Kier alpha value is -0.871. The van der Waals surface area contributed by atoms with Gasteiger partial charge in [0.2, 0.25) is 0 Å². The average Bonchev–Trinajstić information content (AvgIpc) is 2.62. The van der Waals surface area contributed by atoms with Gasteiger partial charge in [0.1, 0.15) is 0 Å². The van der Waals surface area contributed by atoms with E-state index in [0.29, 0.717) is 5.75 Å². The molecule has 0 aliphatic carbocycles. The zero-order valence-corrected chi connectivity index (χ0v) is 21.1. The van der Waals surface area contributed by atoms with Crippen LogP contribution in [-0.2, 0) is 0 Å². The van der Waals surface area contributed by atoms with Gasteiger partial charge in [0.15, 0.2) is 0 Å². The Labute approximate surface area is 172 Å². The van der Waals surface area contributed by atoms with Crippen molar-refractivity contribution in [1.82, 2.24) is 0 Å². The van der Waals surface area contributed by atoms with E-state index in [0.717, 1.165) is 22.6 Å². The van der Waals surface area contributed by atoms with Gasteiger partial charge in [-0.25, -0.2) is 0 Å². The summed E-state index contributed by atoms with van der Waals surface area (Å²) in [7, 11) is 0. The number of benzene rings is 3. The molecule has 27 heavy (non-hydrogen) atoms. The van der Waals surface area contributed by atoms with E-state index in [4.69, 9.17) is 0 Å². The van der Waals surface area contributed by atoms with Crippen LogP contribution in [0, 0.1) is 0 Å². The predicted molar refractivity (Wildman–Crippen MR) is 125 cm³/mol. The zero-order chi connectivity index (χ0) is 19.8. The molecule has 0 bridgehead atoms. The number of aromatic hydroxyl groups is 1. The van der Waals surface area contributed by atoms with Crippen LogP contribution in [0.5, 0.6) is 5.75 Å². The molecular formula is C24H32OSSn. The quantitative estimate of drug-likeness (QED) is 0.216. The average molecular weight is 487 g/mol. The minimum absolute atomic E-state index is 0.387. The fourth-order valence-electron chi connectivity index (χ4n) is 4.91. The summed E-state index contributed by atoms with van der Waals surface area (Å²) in [5.41, 5.74) is 0. The van der Waals surface area contributed by atoms with Crippen molar-refractivity contribution in [3.05, 3.63) is 48.5 Å². The molecule has 0 fully saturated rings. The van der Waals surface area contributed by atoms with Crippen LogP contribution in [0.25, 0.3) is 21.5 Å². The number of hydrogen-bond acceptors (Lipinski definition) is 2. The van der Waals surface area contributed by atoms with Crippen LogP contribution in [0.2, 0.25) is 11.8 Å². The van der Waals surface area contributed by atoms with Gasteiger partial charge >= 0.3 is 173 Å². The summed E-state index contributed by atoms with van der Waals surface area (Å²) >= 11 is -0.318. The molecule has 0 saturated carbocycles. The van der Waals surface area contributed by atoms with Gasteiger partial charge in [-0.1, -0.05) is 0 Å². The maximum absolute atomic E-state index is 10.6. The van der Waals surface area contributed by atoms with Crippen LogP contribution in [-0.4, -0.2) is 27.3 Å². The molecule has 3 aromatic rings. The summed E-state index contributed by atoms with van der Waals surface area (Å²) in [5.74, 6) is 0.387. The Balaban J connectivity index is 2.08. The molecule has 0 radical (unpaired) electrons. The van der Waals surface area contributed by atoms with Gasteiger partial charge in [-0.3, -0.25) is 0 Å². The predicted octanol–water partition coefficient (Wildman–Crippen LogP) is 8.01. The van der Waals surface area contributed by atoms with Crippen LogP contribution in [0.15, 0.2) is 53.4 Å². The van der Waals surface area contributed by atoms with Crippen molar-refractivity contribution in [3.63, 3.8) is 0 Å². The zero-order valence-electron chi connectivity index (χ0n) is 17.4. The van der Waals surface area contributed by atoms with Crippen LogP contribution >= 0.6 is 11.8 Å². The number of hydrogen-bond donors (Lipinski definition) is 1. The molecular weight excluding hydrogens is 455 g/mol.